The minimum Gasteiger partial charge on any atom is -0.496 e. The molecule has 2 atom stereocenters. The Bertz CT molecular complexity index is 944. The number of benzene rings is 2. The monoisotopic (exact) mass is 462 g/mol. The fourth-order valence-electron chi connectivity index (χ4n) is 5.72. The molecule has 1 aliphatic heterocycles. The van der Waals surface area contributed by atoms with Crippen molar-refractivity contribution in [3.63, 3.8) is 0 Å². The number of amides is 1. The molecule has 184 valence electrons. The second kappa shape index (κ2) is 10.9. The van der Waals surface area contributed by atoms with E-state index in [1.807, 2.05) is 0 Å². The minimum atomic E-state index is 0.0456. The summed E-state index contributed by atoms with van der Waals surface area (Å²) in [6.45, 7) is 7.39. The van der Waals surface area contributed by atoms with E-state index in [-0.39, 0.29) is 17.6 Å². The van der Waals surface area contributed by atoms with E-state index in [4.69, 9.17) is 4.74 Å². The fraction of sp³-hybridized carbons (Fsp3) is 0.567. The molecule has 0 radical (unpaired) electrons. The van der Waals surface area contributed by atoms with Gasteiger partial charge in [-0.15, -0.1) is 0 Å². The van der Waals surface area contributed by atoms with Crippen molar-refractivity contribution in [3.05, 3.63) is 65.2 Å². The first kappa shape index (κ1) is 24.8. The number of nitrogens with zero attached hydrogens (tertiary/aromatic N) is 1. The molecule has 4 nitrogen and oxygen atoms in total. The quantitative estimate of drug-likeness (QED) is 0.495. The van der Waals surface area contributed by atoms with E-state index >= 15 is 0 Å². The molecule has 1 saturated heterocycles. The van der Waals surface area contributed by atoms with E-state index in [9.17, 15) is 4.79 Å². The number of carbonyl (C=O) groups excluding carboxylic acids is 1. The van der Waals surface area contributed by atoms with Crippen LogP contribution in [-0.2, 0) is 16.8 Å². The molecular formula is C30H42N2O2. The zero-order chi connectivity index (χ0) is 24.1. The van der Waals surface area contributed by atoms with Crippen molar-refractivity contribution in [3.8, 4) is 5.75 Å². The van der Waals surface area contributed by atoms with Crippen LogP contribution in [0.2, 0.25) is 0 Å². The third-order valence-electron chi connectivity index (χ3n) is 7.72. The first-order chi connectivity index (χ1) is 16.4. The first-order valence-electron chi connectivity index (χ1n) is 13.1. The molecule has 2 unspecified atom stereocenters. The zero-order valence-electron chi connectivity index (χ0n) is 21.5. The number of hydrogen-bond donors (Lipinski definition) is 1. The van der Waals surface area contributed by atoms with Gasteiger partial charge in [0, 0.05) is 18.5 Å². The minimum absolute atomic E-state index is 0.0456. The van der Waals surface area contributed by atoms with Crippen LogP contribution in [0.4, 0.5) is 0 Å². The van der Waals surface area contributed by atoms with Gasteiger partial charge in [-0.05, 0) is 54.2 Å². The lowest BCUT2D eigenvalue weighted by Crippen LogP contribution is -2.46. The lowest BCUT2D eigenvalue weighted by molar-refractivity contribution is -0.136. The summed E-state index contributed by atoms with van der Waals surface area (Å²) < 4.78 is 5.67. The number of rotatable bonds is 7. The number of ether oxygens (including phenoxy) is 1. The highest BCUT2D eigenvalue weighted by Crippen LogP contribution is 2.38. The molecule has 34 heavy (non-hydrogen) atoms. The van der Waals surface area contributed by atoms with Gasteiger partial charge in [0.25, 0.3) is 0 Å². The Labute approximate surface area is 206 Å². The van der Waals surface area contributed by atoms with Gasteiger partial charge in [-0.25, -0.2) is 0 Å². The molecule has 4 heteroatoms. The molecule has 2 aromatic carbocycles. The van der Waals surface area contributed by atoms with Gasteiger partial charge in [-0.3, -0.25) is 10.1 Å². The van der Waals surface area contributed by atoms with Crippen LogP contribution in [0, 0.1) is 5.92 Å². The van der Waals surface area contributed by atoms with Crippen molar-refractivity contribution in [2.24, 2.45) is 5.92 Å². The number of likely N-dealkylation sites (tertiary alicyclic amines) is 1. The van der Waals surface area contributed by atoms with Crippen molar-refractivity contribution >= 4 is 5.91 Å². The average molecular weight is 463 g/mol. The van der Waals surface area contributed by atoms with Crippen molar-refractivity contribution < 1.29 is 9.53 Å². The van der Waals surface area contributed by atoms with Gasteiger partial charge in [0.15, 0.2) is 0 Å². The van der Waals surface area contributed by atoms with E-state index in [1.165, 1.54) is 43.2 Å². The molecule has 0 bridgehead atoms. The van der Waals surface area contributed by atoms with E-state index < -0.39 is 0 Å². The Morgan fingerprint density at radius 3 is 2.41 bits per heavy atom. The Hall–Kier alpha value is -2.33. The molecule has 1 aliphatic carbocycles. The highest BCUT2D eigenvalue weighted by atomic mass is 16.5. The molecule has 2 fully saturated rings. The number of hydrogen-bond acceptors (Lipinski definition) is 3. The van der Waals surface area contributed by atoms with Gasteiger partial charge in [-0.1, -0.05) is 82.5 Å². The van der Waals surface area contributed by atoms with Crippen LogP contribution in [0.25, 0.3) is 0 Å². The molecule has 4 rings (SSSR count). The lowest BCUT2D eigenvalue weighted by Gasteiger charge is -2.33. The van der Waals surface area contributed by atoms with Crippen LogP contribution in [0.1, 0.15) is 94.9 Å². The fourth-order valence-corrected chi connectivity index (χ4v) is 5.72. The van der Waals surface area contributed by atoms with Gasteiger partial charge in [0.1, 0.15) is 5.75 Å². The summed E-state index contributed by atoms with van der Waals surface area (Å²) in [5, 5.41) is 3.74. The number of methoxy groups -OCH3 is 1. The third kappa shape index (κ3) is 5.83. The van der Waals surface area contributed by atoms with Gasteiger partial charge < -0.3 is 9.64 Å². The first-order valence-corrected chi connectivity index (χ1v) is 13.1. The molecule has 1 N–H and O–H groups in total. The van der Waals surface area contributed by atoms with Gasteiger partial charge in [0.2, 0.25) is 5.91 Å². The lowest BCUT2D eigenvalue weighted by atomic mass is 9.86. The van der Waals surface area contributed by atoms with Gasteiger partial charge >= 0.3 is 0 Å². The largest absolute Gasteiger partial charge is 0.496 e. The van der Waals surface area contributed by atoms with Crippen LogP contribution >= 0.6 is 0 Å². The molecule has 2 aliphatic rings. The van der Waals surface area contributed by atoms with E-state index in [2.05, 4.69) is 79.5 Å². The second-order valence-corrected chi connectivity index (χ2v) is 11.2. The van der Waals surface area contributed by atoms with Gasteiger partial charge in [0.05, 0.1) is 19.3 Å². The standard InChI is InChI=1S/C30H42N2O2/c1-30(2,3)25-15-17-27(34-4)24(20-25)21-31-28-18-16-26(23-13-9-6-10-14-23)32(28)29(33)19-22-11-7-5-8-12-22/h6,9-10,13-15,17,20,22,26,28,31H,5,7-8,11-12,16,18-19,21H2,1-4H3. The Kier molecular flexibility index (Phi) is 7.98. The highest BCUT2D eigenvalue weighted by molar-refractivity contribution is 5.77. The number of nitrogens with one attached hydrogen (secondary N) is 1. The molecule has 1 saturated carbocycles. The predicted molar refractivity (Wildman–Crippen MR) is 139 cm³/mol. The molecule has 1 heterocycles. The maximum atomic E-state index is 13.7. The summed E-state index contributed by atoms with van der Waals surface area (Å²) in [6.07, 6.45) is 8.95. The molecule has 0 spiro atoms. The molecule has 1 amide bonds. The predicted octanol–water partition coefficient (Wildman–Crippen LogP) is 6.74. The van der Waals surface area contributed by atoms with Crippen molar-refractivity contribution in [1.82, 2.24) is 10.2 Å². The molecular weight excluding hydrogens is 420 g/mol. The maximum absolute atomic E-state index is 13.7. The summed E-state index contributed by atoms with van der Waals surface area (Å²) in [5.74, 6) is 1.76. The van der Waals surface area contributed by atoms with E-state index in [0.29, 0.717) is 24.8 Å². The Morgan fingerprint density at radius 1 is 1.00 bits per heavy atom. The van der Waals surface area contributed by atoms with Gasteiger partial charge in [-0.2, -0.15) is 0 Å². The summed E-state index contributed by atoms with van der Waals surface area (Å²) in [4.78, 5) is 15.9. The molecule has 2 aromatic rings. The van der Waals surface area contributed by atoms with Crippen molar-refractivity contribution in [2.45, 2.75) is 96.3 Å². The van der Waals surface area contributed by atoms with E-state index in [1.54, 1.807) is 7.11 Å². The van der Waals surface area contributed by atoms with Crippen molar-refractivity contribution in [2.75, 3.05) is 7.11 Å². The van der Waals surface area contributed by atoms with E-state index in [0.717, 1.165) is 24.2 Å². The summed E-state index contributed by atoms with van der Waals surface area (Å²) in [7, 11) is 1.73. The van der Waals surface area contributed by atoms with Crippen LogP contribution in [-0.4, -0.2) is 24.1 Å². The normalized spacial score (nSPS) is 21.6. The van der Waals surface area contributed by atoms with Crippen molar-refractivity contribution in [1.29, 1.82) is 0 Å². The topological polar surface area (TPSA) is 41.6 Å². The smallest absolute Gasteiger partial charge is 0.224 e. The molecule has 0 aromatic heterocycles. The number of carbonyl (C=O) groups is 1. The second-order valence-electron chi connectivity index (χ2n) is 11.2. The highest BCUT2D eigenvalue weighted by Gasteiger charge is 2.38. The Morgan fingerprint density at radius 2 is 1.74 bits per heavy atom. The third-order valence-corrected chi connectivity index (χ3v) is 7.72. The Balaban J connectivity index is 1.53. The van der Waals surface area contributed by atoms with Crippen LogP contribution < -0.4 is 10.1 Å². The SMILES string of the molecule is COc1ccc(C(C)(C)C)cc1CNC1CCC(c2ccccc2)N1C(=O)CC1CCCCC1. The van der Waals surface area contributed by atoms with Crippen LogP contribution in [0.15, 0.2) is 48.5 Å². The summed E-state index contributed by atoms with van der Waals surface area (Å²) >= 11 is 0. The summed E-state index contributed by atoms with van der Waals surface area (Å²) in [5.41, 5.74) is 3.77. The van der Waals surface area contributed by atoms with Crippen LogP contribution in [0.5, 0.6) is 5.75 Å². The van der Waals surface area contributed by atoms with Crippen LogP contribution in [0.3, 0.4) is 0 Å². The summed E-state index contributed by atoms with van der Waals surface area (Å²) in [6, 6.07) is 17.2. The zero-order valence-corrected chi connectivity index (χ0v) is 21.5. The maximum Gasteiger partial charge on any atom is 0.224 e. The average Bonchev–Trinajstić information content (AvgIpc) is 3.27.